The Labute approximate surface area is 187 Å². The highest BCUT2D eigenvalue weighted by Crippen LogP contribution is 2.24. The van der Waals surface area contributed by atoms with Crippen LogP contribution in [0, 0.1) is 0 Å². The fourth-order valence-corrected chi connectivity index (χ4v) is 3.83. The minimum Gasteiger partial charge on any atom is -0.496 e. The summed E-state index contributed by atoms with van der Waals surface area (Å²) in [7, 11) is 3.18. The summed E-state index contributed by atoms with van der Waals surface area (Å²) in [5.74, 6) is 1.26. The summed E-state index contributed by atoms with van der Waals surface area (Å²) >= 11 is 6.02. The molecule has 2 aromatic rings. The van der Waals surface area contributed by atoms with E-state index in [1.807, 2.05) is 29.2 Å². The van der Waals surface area contributed by atoms with Crippen LogP contribution in [0.3, 0.4) is 0 Å². The molecule has 0 unspecified atom stereocenters. The molecular formula is C24H27ClN2O4. The molecule has 0 atom stereocenters. The molecule has 0 aliphatic carbocycles. The van der Waals surface area contributed by atoms with Crippen molar-refractivity contribution in [2.75, 3.05) is 27.3 Å². The monoisotopic (exact) mass is 442 g/mol. The van der Waals surface area contributed by atoms with Crippen molar-refractivity contribution in [3.05, 3.63) is 64.7 Å². The Bertz CT molecular complexity index is 952. The quantitative estimate of drug-likeness (QED) is 0.663. The number of hydrogen-bond acceptors (Lipinski definition) is 4. The van der Waals surface area contributed by atoms with Crippen LogP contribution in [-0.2, 0) is 16.0 Å². The molecule has 1 saturated heterocycles. The molecule has 31 heavy (non-hydrogen) atoms. The van der Waals surface area contributed by atoms with Crippen molar-refractivity contribution < 1.29 is 19.1 Å². The molecule has 7 heteroatoms. The number of methoxy groups -OCH3 is 2. The van der Waals surface area contributed by atoms with Gasteiger partial charge in [0.1, 0.15) is 11.5 Å². The van der Waals surface area contributed by atoms with Crippen LogP contribution >= 0.6 is 11.6 Å². The fraction of sp³-hybridized carbons (Fsp3) is 0.333. The first-order valence-electron chi connectivity index (χ1n) is 10.2. The summed E-state index contributed by atoms with van der Waals surface area (Å²) in [5.41, 5.74) is 1.62. The molecule has 1 aliphatic rings. The smallest absolute Gasteiger partial charge is 0.244 e. The van der Waals surface area contributed by atoms with Crippen molar-refractivity contribution in [3.8, 4) is 11.5 Å². The van der Waals surface area contributed by atoms with Gasteiger partial charge in [-0.05, 0) is 43.2 Å². The van der Waals surface area contributed by atoms with Gasteiger partial charge in [-0.25, -0.2) is 0 Å². The van der Waals surface area contributed by atoms with Crippen LogP contribution < -0.4 is 14.8 Å². The summed E-state index contributed by atoms with van der Waals surface area (Å²) in [6.45, 7) is 1.23. The number of para-hydroxylation sites is 1. The van der Waals surface area contributed by atoms with Crippen molar-refractivity contribution in [1.29, 1.82) is 0 Å². The number of nitrogens with one attached hydrogen (secondary N) is 1. The molecule has 1 fully saturated rings. The highest BCUT2D eigenvalue weighted by Gasteiger charge is 2.24. The second-order valence-electron chi connectivity index (χ2n) is 7.37. The molecule has 1 N–H and O–H groups in total. The molecule has 0 bridgehead atoms. The molecule has 6 nitrogen and oxygen atoms in total. The topological polar surface area (TPSA) is 67.9 Å². The number of halogens is 1. The van der Waals surface area contributed by atoms with E-state index < -0.39 is 0 Å². The molecule has 2 aromatic carbocycles. The van der Waals surface area contributed by atoms with Crippen LogP contribution in [0.4, 0.5) is 0 Å². The van der Waals surface area contributed by atoms with Crippen molar-refractivity contribution >= 4 is 29.5 Å². The highest BCUT2D eigenvalue weighted by molar-refractivity contribution is 6.30. The van der Waals surface area contributed by atoms with E-state index in [0.717, 1.165) is 29.7 Å². The highest BCUT2D eigenvalue weighted by atomic mass is 35.5. The van der Waals surface area contributed by atoms with Crippen LogP contribution in [0.15, 0.2) is 48.5 Å². The summed E-state index contributed by atoms with van der Waals surface area (Å²) < 4.78 is 10.6. The van der Waals surface area contributed by atoms with Crippen molar-refractivity contribution in [2.45, 2.75) is 25.3 Å². The van der Waals surface area contributed by atoms with Gasteiger partial charge in [-0.2, -0.15) is 0 Å². The van der Waals surface area contributed by atoms with Gasteiger partial charge in [0.2, 0.25) is 11.8 Å². The van der Waals surface area contributed by atoms with Crippen LogP contribution in [0.5, 0.6) is 11.5 Å². The van der Waals surface area contributed by atoms with E-state index in [4.69, 9.17) is 21.1 Å². The third kappa shape index (κ3) is 6.25. The third-order valence-corrected chi connectivity index (χ3v) is 5.57. The van der Waals surface area contributed by atoms with Gasteiger partial charge in [0, 0.05) is 41.4 Å². The SMILES string of the molecule is COc1ccc(Cl)cc1/C=C/C(=O)NC1CCN(C(=O)Cc2ccccc2OC)CC1. The number of amides is 2. The minimum absolute atomic E-state index is 0.0359. The van der Waals surface area contributed by atoms with Crippen LogP contribution in [0.25, 0.3) is 6.08 Å². The van der Waals surface area contributed by atoms with Gasteiger partial charge in [-0.1, -0.05) is 29.8 Å². The van der Waals surface area contributed by atoms with Gasteiger partial charge < -0.3 is 19.7 Å². The van der Waals surface area contributed by atoms with E-state index in [-0.39, 0.29) is 17.9 Å². The van der Waals surface area contributed by atoms with Gasteiger partial charge in [0.25, 0.3) is 0 Å². The summed E-state index contributed by atoms with van der Waals surface area (Å²) in [5, 5.41) is 3.59. The van der Waals surface area contributed by atoms with Gasteiger partial charge in [-0.3, -0.25) is 9.59 Å². The van der Waals surface area contributed by atoms with Crippen molar-refractivity contribution in [3.63, 3.8) is 0 Å². The summed E-state index contributed by atoms with van der Waals surface area (Å²) in [6.07, 6.45) is 4.92. The number of carbonyl (C=O) groups is 2. The Morgan fingerprint density at radius 2 is 1.81 bits per heavy atom. The summed E-state index contributed by atoms with van der Waals surface area (Å²) in [6, 6.07) is 12.8. The average Bonchev–Trinajstić information content (AvgIpc) is 2.78. The molecule has 1 aliphatic heterocycles. The maximum Gasteiger partial charge on any atom is 0.244 e. The number of ether oxygens (including phenoxy) is 2. The first kappa shape index (κ1) is 22.7. The van der Waals surface area contributed by atoms with Gasteiger partial charge in [0.15, 0.2) is 0 Å². The normalized spacial score (nSPS) is 14.5. The second kappa shape index (κ2) is 10.9. The standard InChI is InChI=1S/C24H27ClN2O4/c1-30-21-6-4-3-5-17(21)16-24(29)27-13-11-20(12-14-27)26-23(28)10-7-18-15-19(25)8-9-22(18)31-2/h3-10,15,20H,11-14,16H2,1-2H3,(H,26,28)/b10-7+. The summed E-state index contributed by atoms with van der Waals surface area (Å²) in [4.78, 5) is 26.8. The first-order chi connectivity index (χ1) is 15.0. The van der Waals surface area contributed by atoms with Gasteiger partial charge in [0.05, 0.1) is 20.6 Å². The van der Waals surface area contributed by atoms with Gasteiger partial charge >= 0.3 is 0 Å². The number of carbonyl (C=O) groups excluding carboxylic acids is 2. The number of hydrogen-bond donors (Lipinski definition) is 1. The van der Waals surface area contributed by atoms with E-state index in [2.05, 4.69) is 5.32 Å². The molecule has 0 saturated carbocycles. The Hall–Kier alpha value is -2.99. The zero-order valence-corrected chi connectivity index (χ0v) is 18.5. The van der Waals surface area contributed by atoms with E-state index in [1.54, 1.807) is 38.5 Å². The Balaban J connectivity index is 1.49. The van der Waals surface area contributed by atoms with Crippen molar-refractivity contribution in [2.24, 2.45) is 0 Å². The minimum atomic E-state index is -0.180. The molecular weight excluding hydrogens is 416 g/mol. The third-order valence-electron chi connectivity index (χ3n) is 5.33. The molecule has 164 valence electrons. The zero-order valence-electron chi connectivity index (χ0n) is 17.8. The van der Waals surface area contributed by atoms with Crippen LogP contribution in [0.1, 0.15) is 24.0 Å². The number of rotatable bonds is 7. The van der Waals surface area contributed by atoms with Crippen molar-refractivity contribution in [1.82, 2.24) is 10.2 Å². The molecule has 0 aromatic heterocycles. The van der Waals surface area contributed by atoms with E-state index in [9.17, 15) is 9.59 Å². The van der Waals surface area contributed by atoms with Crippen LogP contribution in [-0.4, -0.2) is 50.1 Å². The lowest BCUT2D eigenvalue weighted by Crippen LogP contribution is -2.46. The number of benzene rings is 2. The lowest BCUT2D eigenvalue weighted by atomic mass is 10.0. The lowest BCUT2D eigenvalue weighted by molar-refractivity contribution is -0.131. The second-order valence-corrected chi connectivity index (χ2v) is 7.81. The predicted octanol–water partition coefficient (Wildman–Crippen LogP) is 3.72. The molecule has 1 heterocycles. The Morgan fingerprint density at radius 3 is 2.52 bits per heavy atom. The molecule has 3 rings (SSSR count). The zero-order chi connectivity index (χ0) is 22.2. The van der Waals surface area contributed by atoms with E-state index in [1.165, 1.54) is 6.08 Å². The maximum atomic E-state index is 12.7. The lowest BCUT2D eigenvalue weighted by Gasteiger charge is -2.32. The first-order valence-corrected chi connectivity index (χ1v) is 10.6. The molecule has 0 radical (unpaired) electrons. The predicted molar refractivity (Wildman–Crippen MR) is 121 cm³/mol. The average molecular weight is 443 g/mol. The number of likely N-dealkylation sites (tertiary alicyclic amines) is 1. The van der Waals surface area contributed by atoms with Crippen LogP contribution in [0.2, 0.25) is 5.02 Å². The van der Waals surface area contributed by atoms with E-state index >= 15 is 0 Å². The maximum absolute atomic E-state index is 12.7. The van der Waals surface area contributed by atoms with E-state index in [0.29, 0.717) is 30.3 Å². The largest absolute Gasteiger partial charge is 0.496 e. The number of nitrogens with zero attached hydrogens (tertiary/aromatic N) is 1. The fourth-order valence-electron chi connectivity index (χ4n) is 3.65. The Morgan fingerprint density at radius 1 is 1.10 bits per heavy atom. The number of piperidine rings is 1. The molecule has 2 amide bonds. The Kier molecular flexibility index (Phi) is 7.95. The molecule has 0 spiro atoms. The van der Waals surface area contributed by atoms with Gasteiger partial charge in [-0.15, -0.1) is 0 Å².